The van der Waals surface area contributed by atoms with E-state index in [0.717, 1.165) is 35.6 Å². The zero-order valence-corrected chi connectivity index (χ0v) is 12.5. The van der Waals surface area contributed by atoms with E-state index in [4.69, 9.17) is 9.15 Å². The molecule has 2 rings (SSSR count). The molecular formula is C15H21NO2S. The Hall–Kier alpha value is -1.13. The summed E-state index contributed by atoms with van der Waals surface area (Å²) in [6.07, 6.45) is 2.14. The lowest BCUT2D eigenvalue weighted by Gasteiger charge is -2.09. The first-order valence-electron chi connectivity index (χ1n) is 6.49. The summed E-state index contributed by atoms with van der Waals surface area (Å²) in [6, 6.07) is 8.02. The summed E-state index contributed by atoms with van der Waals surface area (Å²) >= 11 is 1.88. The molecule has 1 unspecified atom stereocenters. The van der Waals surface area contributed by atoms with Crippen LogP contribution in [0.1, 0.15) is 12.7 Å². The number of rotatable bonds is 7. The number of fused-ring (bicyclic) bond motifs is 1. The van der Waals surface area contributed by atoms with Gasteiger partial charge in [0, 0.05) is 5.39 Å². The summed E-state index contributed by atoms with van der Waals surface area (Å²) in [5.41, 5.74) is 0.832. The molecule has 0 radical (unpaired) electrons. The molecule has 1 atom stereocenters. The largest absolute Gasteiger partial charge is 0.493 e. The molecule has 1 N–H and O–H groups in total. The molecule has 0 spiro atoms. The number of furan rings is 1. The van der Waals surface area contributed by atoms with Crippen LogP contribution in [0.3, 0.4) is 0 Å². The summed E-state index contributed by atoms with van der Waals surface area (Å²) in [5, 5.41) is 4.53. The van der Waals surface area contributed by atoms with E-state index in [-0.39, 0.29) is 0 Å². The van der Waals surface area contributed by atoms with Gasteiger partial charge >= 0.3 is 0 Å². The van der Waals surface area contributed by atoms with E-state index < -0.39 is 0 Å². The summed E-state index contributed by atoms with van der Waals surface area (Å²) in [7, 11) is 1.67. The Labute approximate surface area is 118 Å². The predicted molar refractivity (Wildman–Crippen MR) is 82.0 cm³/mol. The molecule has 2 aromatic rings. The normalized spacial score (nSPS) is 12.8. The van der Waals surface area contributed by atoms with Crippen molar-refractivity contribution >= 4 is 22.7 Å². The molecule has 19 heavy (non-hydrogen) atoms. The Bertz CT molecular complexity index is 524. The Balaban J connectivity index is 1.98. The summed E-state index contributed by atoms with van der Waals surface area (Å²) in [5.74, 6) is 3.60. The highest BCUT2D eigenvalue weighted by Crippen LogP contribution is 2.28. The second kappa shape index (κ2) is 6.87. The first kappa shape index (κ1) is 14.3. The van der Waals surface area contributed by atoms with Gasteiger partial charge < -0.3 is 14.5 Å². The van der Waals surface area contributed by atoms with Crippen molar-refractivity contribution in [2.45, 2.75) is 13.5 Å². The first-order chi connectivity index (χ1) is 9.24. The lowest BCUT2D eigenvalue weighted by atomic mass is 10.2. The number of hydrogen-bond acceptors (Lipinski definition) is 4. The van der Waals surface area contributed by atoms with E-state index in [1.807, 2.05) is 30.0 Å². The molecule has 0 aliphatic carbocycles. The van der Waals surface area contributed by atoms with E-state index in [1.54, 1.807) is 7.11 Å². The third kappa shape index (κ3) is 3.67. The number of para-hydroxylation sites is 1. The van der Waals surface area contributed by atoms with E-state index in [9.17, 15) is 0 Å². The summed E-state index contributed by atoms with van der Waals surface area (Å²) < 4.78 is 11.1. The molecule has 0 fully saturated rings. The Morgan fingerprint density at radius 1 is 1.42 bits per heavy atom. The SMILES string of the molecule is COc1cccc2cc(CNCC(C)CSC)oc12. The minimum absolute atomic E-state index is 0.675. The maximum absolute atomic E-state index is 5.84. The molecule has 1 aromatic heterocycles. The number of benzene rings is 1. The Morgan fingerprint density at radius 3 is 3.00 bits per heavy atom. The average Bonchev–Trinajstić information content (AvgIpc) is 2.81. The third-order valence-corrected chi connectivity index (χ3v) is 3.92. The van der Waals surface area contributed by atoms with Crippen molar-refractivity contribution in [1.82, 2.24) is 5.32 Å². The quantitative estimate of drug-likeness (QED) is 0.841. The number of ether oxygens (including phenoxy) is 1. The molecule has 0 aliphatic rings. The smallest absolute Gasteiger partial charge is 0.176 e. The van der Waals surface area contributed by atoms with Gasteiger partial charge in [-0.05, 0) is 36.6 Å². The van der Waals surface area contributed by atoms with Gasteiger partial charge in [0.25, 0.3) is 0 Å². The van der Waals surface area contributed by atoms with E-state index in [1.165, 1.54) is 5.75 Å². The molecule has 1 aromatic carbocycles. The van der Waals surface area contributed by atoms with Crippen LogP contribution in [0.4, 0.5) is 0 Å². The fourth-order valence-electron chi connectivity index (χ4n) is 2.12. The van der Waals surface area contributed by atoms with Crippen LogP contribution < -0.4 is 10.1 Å². The molecule has 1 heterocycles. The second-order valence-electron chi connectivity index (χ2n) is 4.78. The van der Waals surface area contributed by atoms with Crippen LogP contribution in [-0.4, -0.2) is 25.7 Å². The minimum atomic E-state index is 0.675. The second-order valence-corrected chi connectivity index (χ2v) is 5.69. The average molecular weight is 279 g/mol. The molecule has 0 bridgehead atoms. The zero-order valence-electron chi connectivity index (χ0n) is 11.7. The van der Waals surface area contributed by atoms with Gasteiger partial charge in [-0.25, -0.2) is 0 Å². The summed E-state index contributed by atoms with van der Waals surface area (Å²) in [6.45, 7) is 4.02. The first-order valence-corrected chi connectivity index (χ1v) is 7.89. The van der Waals surface area contributed by atoms with Crippen molar-refractivity contribution in [3.8, 4) is 5.75 Å². The lowest BCUT2D eigenvalue weighted by Crippen LogP contribution is -2.21. The molecule has 4 heteroatoms. The standard InChI is InChI=1S/C15H21NO2S/c1-11(10-19-3)8-16-9-13-7-12-5-4-6-14(17-2)15(12)18-13/h4-7,11,16H,8-10H2,1-3H3. The van der Waals surface area contributed by atoms with Gasteiger partial charge in [-0.2, -0.15) is 11.8 Å². The zero-order chi connectivity index (χ0) is 13.7. The van der Waals surface area contributed by atoms with Crippen LogP contribution in [0.5, 0.6) is 5.75 Å². The van der Waals surface area contributed by atoms with E-state index in [0.29, 0.717) is 5.92 Å². The number of methoxy groups -OCH3 is 1. The van der Waals surface area contributed by atoms with Crippen LogP contribution in [0.15, 0.2) is 28.7 Å². The molecule has 3 nitrogen and oxygen atoms in total. The van der Waals surface area contributed by atoms with Crippen LogP contribution in [0.25, 0.3) is 11.0 Å². The van der Waals surface area contributed by atoms with Gasteiger partial charge in [0.15, 0.2) is 11.3 Å². The third-order valence-electron chi connectivity index (χ3n) is 3.02. The van der Waals surface area contributed by atoms with Gasteiger partial charge in [-0.1, -0.05) is 19.1 Å². The van der Waals surface area contributed by atoms with Gasteiger partial charge in [0.1, 0.15) is 5.76 Å². The molecule has 0 saturated heterocycles. The van der Waals surface area contributed by atoms with Gasteiger partial charge in [-0.3, -0.25) is 0 Å². The molecular weight excluding hydrogens is 258 g/mol. The molecule has 0 saturated carbocycles. The Morgan fingerprint density at radius 2 is 2.26 bits per heavy atom. The highest BCUT2D eigenvalue weighted by Gasteiger charge is 2.08. The van der Waals surface area contributed by atoms with Crippen molar-refractivity contribution < 1.29 is 9.15 Å². The van der Waals surface area contributed by atoms with Crippen LogP contribution in [0.2, 0.25) is 0 Å². The van der Waals surface area contributed by atoms with Crippen molar-refractivity contribution in [3.63, 3.8) is 0 Å². The summed E-state index contributed by atoms with van der Waals surface area (Å²) in [4.78, 5) is 0. The lowest BCUT2D eigenvalue weighted by molar-refractivity contribution is 0.405. The van der Waals surface area contributed by atoms with Crippen LogP contribution >= 0.6 is 11.8 Å². The van der Waals surface area contributed by atoms with Crippen molar-refractivity contribution in [1.29, 1.82) is 0 Å². The van der Waals surface area contributed by atoms with Crippen LogP contribution in [0, 0.1) is 5.92 Å². The van der Waals surface area contributed by atoms with Crippen molar-refractivity contribution in [3.05, 3.63) is 30.0 Å². The molecule has 104 valence electrons. The highest BCUT2D eigenvalue weighted by atomic mass is 32.2. The molecule has 0 aliphatic heterocycles. The topological polar surface area (TPSA) is 34.4 Å². The number of nitrogens with one attached hydrogen (secondary N) is 1. The maximum Gasteiger partial charge on any atom is 0.176 e. The van der Waals surface area contributed by atoms with Gasteiger partial charge in [0.05, 0.1) is 13.7 Å². The minimum Gasteiger partial charge on any atom is -0.493 e. The monoisotopic (exact) mass is 279 g/mol. The molecule has 0 amide bonds. The predicted octanol–water partition coefficient (Wildman–Crippen LogP) is 3.53. The van der Waals surface area contributed by atoms with Crippen molar-refractivity contribution in [2.75, 3.05) is 25.7 Å². The van der Waals surface area contributed by atoms with E-state index in [2.05, 4.69) is 24.6 Å². The number of hydrogen-bond donors (Lipinski definition) is 1. The Kier molecular flexibility index (Phi) is 5.16. The fourth-order valence-corrected chi connectivity index (χ4v) is 2.81. The highest BCUT2D eigenvalue weighted by molar-refractivity contribution is 7.98. The van der Waals surface area contributed by atoms with Gasteiger partial charge in [0.2, 0.25) is 0 Å². The fraction of sp³-hybridized carbons (Fsp3) is 0.467. The number of thioether (sulfide) groups is 1. The van der Waals surface area contributed by atoms with Crippen molar-refractivity contribution in [2.24, 2.45) is 5.92 Å². The van der Waals surface area contributed by atoms with Crippen LogP contribution in [-0.2, 0) is 6.54 Å². The van der Waals surface area contributed by atoms with Gasteiger partial charge in [-0.15, -0.1) is 0 Å². The van der Waals surface area contributed by atoms with E-state index >= 15 is 0 Å². The maximum atomic E-state index is 5.84.